The topological polar surface area (TPSA) is 96.0 Å². The average molecular weight is 442 g/mol. The maximum Gasteiger partial charge on any atom is 0.320 e. The highest BCUT2D eigenvalue weighted by Crippen LogP contribution is 2.38. The highest BCUT2D eigenvalue weighted by atomic mass is 16.4. The van der Waals surface area contributed by atoms with Crippen LogP contribution in [0.4, 0.5) is 5.69 Å². The Labute approximate surface area is 193 Å². The van der Waals surface area contributed by atoms with Crippen molar-refractivity contribution in [2.45, 2.75) is 37.3 Å². The molecule has 168 valence electrons. The number of ketones is 1. The number of carboxylic acids is 1. The number of hydrogen-bond acceptors (Lipinski definition) is 5. The van der Waals surface area contributed by atoms with Crippen LogP contribution in [0.3, 0.4) is 0 Å². The van der Waals surface area contributed by atoms with Gasteiger partial charge in [-0.15, -0.1) is 0 Å². The Balaban J connectivity index is 1.72. The first-order valence-electron chi connectivity index (χ1n) is 11.1. The van der Waals surface area contributed by atoms with Crippen LogP contribution in [0.15, 0.2) is 96.1 Å². The maximum atomic E-state index is 13.6. The van der Waals surface area contributed by atoms with Gasteiger partial charge in [0.05, 0.1) is 17.3 Å². The molecule has 0 amide bonds. The zero-order chi connectivity index (χ0) is 23.2. The zero-order valence-corrected chi connectivity index (χ0v) is 18.2. The van der Waals surface area contributed by atoms with E-state index in [1.54, 1.807) is 0 Å². The maximum absolute atomic E-state index is 13.6. The Morgan fingerprint density at radius 2 is 1.48 bits per heavy atom. The SMILES string of the molecule is NC(CCCC(=O)C1C(c2ccccc2)C(c2ccccc2)=NN1c1ccccc1)C(=O)O. The Hall–Kier alpha value is -3.77. The molecule has 0 saturated carbocycles. The number of Topliss-reactive ketones (excluding diaryl/α,β-unsaturated/α-hetero) is 1. The summed E-state index contributed by atoms with van der Waals surface area (Å²) < 4.78 is 0. The first kappa shape index (κ1) is 22.4. The summed E-state index contributed by atoms with van der Waals surface area (Å²) >= 11 is 0. The minimum atomic E-state index is -1.05. The Morgan fingerprint density at radius 3 is 2.09 bits per heavy atom. The van der Waals surface area contributed by atoms with Crippen LogP contribution in [0.1, 0.15) is 36.3 Å². The highest BCUT2D eigenvalue weighted by Gasteiger charge is 2.43. The zero-order valence-electron chi connectivity index (χ0n) is 18.2. The van der Waals surface area contributed by atoms with Crippen molar-refractivity contribution in [3.63, 3.8) is 0 Å². The molecule has 6 heteroatoms. The summed E-state index contributed by atoms with van der Waals surface area (Å²) in [6.07, 6.45) is 0.894. The van der Waals surface area contributed by atoms with Gasteiger partial charge in [0.25, 0.3) is 0 Å². The minimum absolute atomic E-state index is 0.0139. The van der Waals surface area contributed by atoms with Gasteiger partial charge in [0.15, 0.2) is 5.78 Å². The summed E-state index contributed by atoms with van der Waals surface area (Å²) in [5, 5.41) is 15.9. The molecule has 3 atom stereocenters. The molecule has 1 aliphatic rings. The summed E-state index contributed by atoms with van der Waals surface area (Å²) in [7, 11) is 0. The fourth-order valence-electron chi connectivity index (χ4n) is 4.27. The van der Waals surface area contributed by atoms with E-state index in [0.717, 1.165) is 22.5 Å². The molecule has 3 unspecified atom stereocenters. The number of aliphatic carboxylic acids is 1. The lowest BCUT2D eigenvalue weighted by Crippen LogP contribution is -2.40. The third kappa shape index (κ3) is 5.02. The molecule has 3 aromatic carbocycles. The predicted molar refractivity (Wildman–Crippen MR) is 129 cm³/mol. The van der Waals surface area contributed by atoms with Crippen LogP contribution in [-0.2, 0) is 9.59 Å². The standard InChI is InChI=1S/C27H27N3O3/c28-22(27(32)33)17-10-18-23(31)26-24(19-11-4-1-5-12-19)25(20-13-6-2-7-14-20)29-30(26)21-15-8-3-9-16-21/h1-9,11-16,22,24,26H,10,17-18,28H2,(H,32,33). The molecule has 0 aliphatic carbocycles. The molecular weight excluding hydrogens is 414 g/mol. The van der Waals surface area contributed by atoms with Crippen LogP contribution >= 0.6 is 0 Å². The number of carbonyl (C=O) groups is 2. The number of rotatable bonds is 9. The van der Waals surface area contributed by atoms with E-state index in [9.17, 15) is 9.59 Å². The molecule has 0 spiro atoms. The molecule has 3 aromatic rings. The van der Waals surface area contributed by atoms with Crippen LogP contribution in [0.25, 0.3) is 0 Å². The molecule has 33 heavy (non-hydrogen) atoms. The van der Waals surface area contributed by atoms with Crippen LogP contribution in [0.2, 0.25) is 0 Å². The van der Waals surface area contributed by atoms with Crippen molar-refractivity contribution in [1.29, 1.82) is 0 Å². The van der Waals surface area contributed by atoms with Gasteiger partial charge in [0.1, 0.15) is 12.1 Å². The van der Waals surface area contributed by atoms with Gasteiger partial charge in [-0.1, -0.05) is 78.9 Å². The number of nitrogens with two attached hydrogens (primary N) is 1. The summed E-state index contributed by atoms with van der Waals surface area (Å²) in [6.45, 7) is 0. The second-order valence-corrected chi connectivity index (χ2v) is 8.17. The molecule has 0 radical (unpaired) electrons. The molecule has 0 bridgehead atoms. The molecule has 0 aromatic heterocycles. The summed E-state index contributed by atoms with van der Waals surface area (Å²) in [4.78, 5) is 24.7. The first-order chi connectivity index (χ1) is 16.1. The molecule has 0 saturated heterocycles. The second-order valence-electron chi connectivity index (χ2n) is 8.17. The lowest BCUT2D eigenvalue weighted by Gasteiger charge is -2.27. The number of carbonyl (C=O) groups excluding carboxylic acids is 1. The van der Waals surface area contributed by atoms with E-state index in [1.807, 2.05) is 96.0 Å². The smallest absolute Gasteiger partial charge is 0.320 e. The average Bonchev–Trinajstić information content (AvgIpc) is 3.26. The van der Waals surface area contributed by atoms with Crippen molar-refractivity contribution >= 4 is 23.2 Å². The van der Waals surface area contributed by atoms with Gasteiger partial charge >= 0.3 is 5.97 Å². The van der Waals surface area contributed by atoms with E-state index in [2.05, 4.69) is 0 Å². The Morgan fingerprint density at radius 1 is 0.909 bits per heavy atom. The van der Waals surface area contributed by atoms with Gasteiger partial charge in [-0.25, -0.2) is 0 Å². The van der Waals surface area contributed by atoms with Gasteiger partial charge < -0.3 is 10.8 Å². The summed E-state index contributed by atoms with van der Waals surface area (Å²) in [5.41, 5.74) is 9.31. The van der Waals surface area contributed by atoms with Crippen LogP contribution in [0.5, 0.6) is 0 Å². The van der Waals surface area contributed by atoms with E-state index in [0.29, 0.717) is 6.42 Å². The molecule has 0 fully saturated rings. The second kappa shape index (κ2) is 10.2. The normalized spacial score (nSPS) is 18.6. The van der Waals surface area contributed by atoms with E-state index in [-0.39, 0.29) is 24.5 Å². The molecule has 1 heterocycles. The van der Waals surface area contributed by atoms with Crippen molar-refractivity contribution in [2.75, 3.05) is 5.01 Å². The first-order valence-corrected chi connectivity index (χ1v) is 11.1. The van der Waals surface area contributed by atoms with Crippen LogP contribution in [-0.4, -0.2) is 34.7 Å². The van der Waals surface area contributed by atoms with Gasteiger partial charge in [-0.3, -0.25) is 14.6 Å². The Kier molecular flexibility index (Phi) is 6.95. The van der Waals surface area contributed by atoms with E-state index >= 15 is 0 Å². The van der Waals surface area contributed by atoms with Gasteiger partial charge in [0.2, 0.25) is 0 Å². The van der Waals surface area contributed by atoms with Crippen molar-refractivity contribution in [2.24, 2.45) is 10.8 Å². The van der Waals surface area contributed by atoms with Crippen molar-refractivity contribution in [1.82, 2.24) is 0 Å². The fourth-order valence-corrected chi connectivity index (χ4v) is 4.27. The van der Waals surface area contributed by atoms with Crippen molar-refractivity contribution < 1.29 is 14.7 Å². The van der Waals surface area contributed by atoms with Crippen molar-refractivity contribution in [3.8, 4) is 0 Å². The Bertz CT molecular complexity index is 1120. The third-order valence-corrected chi connectivity index (χ3v) is 5.92. The molecule has 3 N–H and O–H groups in total. The molecule has 1 aliphatic heterocycles. The number of para-hydroxylation sites is 1. The number of hydrazone groups is 1. The molecule has 4 rings (SSSR count). The minimum Gasteiger partial charge on any atom is -0.480 e. The van der Waals surface area contributed by atoms with E-state index in [4.69, 9.17) is 15.9 Å². The number of carboxylic acid groups (broad SMARTS) is 1. The summed E-state index contributed by atoms with van der Waals surface area (Å²) in [5.74, 6) is -1.29. The number of hydrogen-bond donors (Lipinski definition) is 2. The lowest BCUT2D eigenvalue weighted by atomic mass is 9.82. The monoisotopic (exact) mass is 441 g/mol. The van der Waals surface area contributed by atoms with E-state index in [1.165, 1.54) is 0 Å². The lowest BCUT2D eigenvalue weighted by molar-refractivity contribution is -0.138. The van der Waals surface area contributed by atoms with Crippen LogP contribution in [0, 0.1) is 0 Å². The van der Waals surface area contributed by atoms with Crippen LogP contribution < -0.4 is 10.7 Å². The quantitative estimate of drug-likeness (QED) is 0.518. The van der Waals surface area contributed by atoms with Gasteiger partial charge in [-0.05, 0) is 36.1 Å². The van der Waals surface area contributed by atoms with Gasteiger partial charge in [0, 0.05) is 6.42 Å². The molecular formula is C27H27N3O3. The van der Waals surface area contributed by atoms with Crippen molar-refractivity contribution in [3.05, 3.63) is 102 Å². The summed E-state index contributed by atoms with van der Waals surface area (Å²) in [6, 6.07) is 28.0. The molecule has 6 nitrogen and oxygen atoms in total. The number of benzene rings is 3. The fraction of sp³-hybridized carbons (Fsp3) is 0.222. The number of nitrogens with zero attached hydrogens (tertiary/aromatic N) is 2. The largest absolute Gasteiger partial charge is 0.480 e. The highest BCUT2D eigenvalue weighted by molar-refractivity contribution is 6.12. The number of anilines is 1. The predicted octanol–water partition coefficient (Wildman–Crippen LogP) is 4.21. The van der Waals surface area contributed by atoms with E-state index < -0.39 is 18.1 Å². The third-order valence-electron chi connectivity index (χ3n) is 5.92. The van der Waals surface area contributed by atoms with Gasteiger partial charge in [-0.2, -0.15) is 5.10 Å².